The molecular formula is C8H17F3OSi. The van der Waals surface area contributed by atoms with E-state index >= 15 is 0 Å². The Morgan fingerprint density at radius 1 is 1.23 bits per heavy atom. The lowest BCUT2D eigenvalue weighted by molar-refractivity contribution is -0.205. The number of rotatable bonds is 4. The summed E-state index contributed by atoms with van der Waals surface area (Å²) in [5, 5.41) is 8.67. The van der Waals surface area contributed by atoms with Gasteiger partial charge < -0.3 is 5.11 Å². The lowest BCUT2D eigenvalue weighted by Gasteiger charge is -2.18. The van der Waals surface area contributed by atoms with E-state index in [-0.39, 0.29) is 6.42 Å². The maximum atomic E-state index is 11.8. The van der Waals surface area contributed by atoms with E-state index in [2.05, 4.69) is 19.6 Å². The minimum atomic E-state index is -4.45. The van der Waals surface area contributed by atoms with E-state index in [9.17, 15) is 13.2 Å². The van der Waals surface area contributed by atoms with Gasteiger partial charge in [0.2, 0.25) is 0 Å². The van der Waals surface area contributed by atoms with Crippen LogP contribution in [0, 0.1) is 0 Å². The van der Waals surface area contributed by atoms with Crippen molar-refractivity contribution in [3.63, 3.8) is 0 Å². The molecule has 0 aliphatic rings. The Labute approximate surface area is 78.0 Å². The number of aliphatic hydroxyl groups is 1. The van der Waals surface area contributed by atoms with Gasteiger partial charge in [-0.1, -0.05) is 32.1 Å². The summed E-state index contributed by atoms with van der Waals surface area (Å²) in [6, 6.07) is 0.833. The molecule has 0 bridgehead atoms. The molecule has 0 saturated carbocycles. The molecule has 80 valence electrons. The number of hydrogen-bond acceptors (Lipinski definition) is 1. The molecule has 0 aliphatic heterocycles. The van der Waals surface area contributed by atoms with Crippen molar-refractivity contribution in [2.75, 3.05) is 0 Å². The summed E-state index contributed by atoms with van der Waals surface area (Å²) in [6.07, 6.45) is -6.27. The topological polar surface area (TPSA) is 20.2 Å². The van der Waals surface area contributed by atoms with Crippen molar-refractivity contribution in [3.05, 3.63) is 0 Å². The smallest absolute Gasteiger partial charge is 0.384 e. The molecule has 1 atom stereocenters. The van der Waals surface area contributed by atoms with Crippen molar-refractivity contribution < 1.29 is 18.3 Å². The van der Waals surface area contributed by atoms with Gasteiger partial charge in [-0.25, -0.2) is 0 Å². The van der Waals surface area contributed by atoms with Gasteiger partial charge in [0.15, 0.2) is 0 Å². The molecule has 0 saturated heterocycles. The van der Waals surface area contributed by atoms with E-state index in [0.717, 1.165) is 6.04 Å². The van der Waals surface area contributed by atoms with Gasteiger partial charge in [0.05, 0.1) is 0 Å². The van der Waals surface area contributed by atoms with Crippen LogP contribution in [-0.4, -0.2) is 25.5 Å². The Morgan fingerprint density at radius 2 is 1.69 bits per heavy atom. The van der Waals surface area contributed by atoms with E-state index in [1.165, 1.54) is 0 Å². The van der Waals surface area contributed by atoms with Gasteiger partial charge in [-0.15, -0.1) is 0 Å². The molecular weight excluding hydrogens is 197 g/mol. The van der Waals surface area contributed by atoms with Gasteiger partial charge in [-0.05, 0) is 6.42 Å². The first-order valence-corrected chi connectivity index (χ1v) is 8.08. The second-order valence-corrected chi connectivity index (χ2v) is 10.1. The van der Waals surface area contributed by atoms with Gasteiger partial charge in [0.25, 0.3) is 0 Å². The predicted molar refractivity (Wildman–Crippen MR) is 49.4 cm³/mol. The minimum Gasteiger partial charge on any atom is -0.384 e. The standard InChI is InChI=1S/C8H17F3OSi/c1-13(2,3)6-4-5-7(12)8(9,10)11/h7,12H,4-6H2,1-3H3. The van der Waals surface area contributed by atoms with E-state index in [1.54, 1.807) is 0 Å². The Hall–Kier alpha value is -0.0331. The quantitative estimate of drug-likeness (QED) is 0.713. The number of halogens is 3. The maximum Gasteiger partial charge on any atom is 0.414 e. The van der Waals surface area contributed by atoms with Crippen LogP contribution < -0.4 is 0 Å². The summed E-state index contributed by atoms with van der Waals surface area (Å²) in [5.74, 6) is 0. The molecule has 0 spiro atoms. The summed E-state index contributed by atoms with van der Waals surface area (Å²) < 4.78 is 35.5. The normalized spacial score (nSPS) is 15.9. The fraction of sp³-hybridized carbons (Fsp3) is 1.00. The molecule has 0 aliphatic carbocycles. The zero-order chi connectivity index (χ0) is 10.7. The van der Waals surface area contributed by atoms with Crippen molar-refractivity contribution >= 4 is 8.07 Å². The van der Waals surface area contributed by atoms with Crippen LogP contribution in [0.2, 0.25) is 25.7 Å². The number of aliphatic hydroxyl groups excluding tert-OH is 1. The molecule has 1 nitrogen and oxygen atoms in total. The third kappa shape index (κ3) is 7.07. The molecule has 0 aromatic heterocycles. The van der Waals surface area contributed by atoms with Crippen molar-refractivity contribution in [3.8, 4) is 0 Å². The molecule has 0 heterocycles. The van der Waals surface area contributed by atoms with Crippen LogP contribution >= 0.6 is 0 Å². The van der Waals surface area contributed by atoms with Gasteiger partial charge >= 0.3 is 6.18 Å². The van der Waals surface area contributed by atoms with Crippen LogP contribution in [0.5, 0.6) is 0 Å². The lowest BCUT2D eigenvalue weighted by Crippen LogP contribution is -2.29. The van der Waals surface area contributed by atoms with Gasteiger partial charge in [0.1, 0.15) is 6.10 Å². The summed E-state index contributed by atoms with van der Waals surface area (Å²) in [7, 11) is -1.26. The average molecular weight is 214 g/mol. The Balaban J connectivity index is 3.67. The third-order valence-corrected chi connectivity index (χ3v) is 3.64. The van der Waals surface area contributed by atoms with Crippen molar-refractivity contribution in [1.29, 1.82) is 0 Å². The first-order valence-electron chi connectivity index (χ1n) is 4.38. The van der Waals surface area contributed by atoms with Gasteiger partial charge in [0, 0.05) is 8.07 Å². The van der Waals surface area contributed by atoms with E-state index in [0.29, 0.717) is 6.42 Å². The van der Waals surface area contributed by atoms with Crippen molar-refractivity contribution in [2.45, 2.75) is 50.8 Å². The minimum absolute atomic E-state index is 0.159. The summed E-state index contributed by atoms with van der Waals surface area (Å²) >= 11 is 0. The molecule has 0 rings (SSSR count). The van der Waals surface area contributed by atoms with Crippen LogP contribution in [-0.2, 0) is 0 Å². The van der Waals surface area contributed by atoms with E-state index in [4.69, 9.17) is 5.11 Å². The zero-order valence-electron chi connectivity index (χ0n) is 8.28. The largest absolute Gasteiger partial charge is 0.414 e. The highest BCUT2D eigenvalue weighted by atomic mass is 28.3. The van der Waals surface area contributed by atoms with Crippen molar-refractivity contribution in [1.82, 2.24) is 0 Å². The molecule has 1 N–H and O–H groups in total. The highest BCUT2D eigenvalue weighted by Crippen LogP contribution is 2.25. The molecule has 0 aromatic rings. The molecule has 0 radical (unpaired) electrons. The third-order valence-electron chi connectivity index (χ3n) is 1.78. The molecule has 1 unspecified atom stereocenters. The summed E-state index contributed by atoms with van der Waals surface area (Å²) in [5.41, 5.74) is 0. The predicted octanol–water partition coefficient (Wildman–Crippen LogP) is 3.03. The summed E-state index contributed by atoms with van der Waals surface area (Å²) in [4.78, 5) is 0. The highest BCUT2D eigenvalue weighted by molar-refractivity contribution is 6.76. The van der Waals surface area contributed by atoms with Crippen LogP contribution in [0.1, 0.15) is 12.8 Å². The molecule has 13 heavy (non-hydrogen) atoms. The Bertz CT molecular complexity index is 150. The molecule has 0 fully saturated rings. The molecule has 5 heteroatoms. The van der Waals surface area contributed by atoms with Crippen molar-refractivity contribution in [2.24, 2.45) is 0 Å². The van der Waals surface area contributed by atoms with Gasteiger partial charge in [-0.2, -0.15) is 13.2 Å². The Morgan fingerprint density at radius 3 is 2.00 bits per heavy atom. The fourth-order valence-electron chi connectivity index (χ4n) is 0.989. The van der Waals surface area contributed by atoms with Crippen LogP contribution in [0.4, 0.5) is 13.2 Å². The summed E-state index contributed by atoms with van der Waals surface area (Å²) in [6.45, 7) is 6.31. The SMILES string of the molecule is C[Si](C)(C)CCCC(O)C(F)(F)F. The maximum absolute atomic E-state index is 11.8. The molecule has 0 amide bonds. The highest BCUT2D eigenvalue weighted by Gasteiger charge is 2.37. The zero-order valence-corrected chi connectivity index (χ0v) is 9.28. The van der Waals surface area contributed by atoms with Crippen LogP contribution in [0.25, 0.3) is 0 Å². The number of alkyl halides is 3. The second kappa shape index (κ2) is 4.46. The number of hydrogen-bond donors (Lipinski definition) is 1. The molecule has 0 aromatic carbocycles. The monoisotopic (exact) mass is 214 g/mol. The van der Waals surface area contributed by atoms with Crippen LogP contribution in [0.3, 0.4) is 0 Å². The second-order valence-electron chi connectivity index (χ2n) is 4.51. The first-order chi connectivity index (χ1) is 5.63. The first kappa shape index (κ1) is 13.0. The van der Waals surface area contributed by atoms with Gasteiger partial charge in [-0.3, -0.25) is 0 Å². The van der Waals surface area contributed by atoms with E-state index in [1.807, 2.05) is 0 Å². The fourth-order valence-corrected chi connectivity index (χ4v) is 2.25. The average Bonchev–Trinajstić information content (AvgIpc) is 1.82. The van der Waals surface area contributed by atoms with E-state index < -0.39 is 20.4 Å². The van der Waals surface area contributed by atoms with Crippen LogP contribution in [0.15, 0.2) is 0 Å². The lowest BCUT2D eigenvalue weighted by atomic mass is 10.2. The Kier molecular flexibility index (Phi) is 4.45.